The molecule has 0 saturated carbocycles. The second-order valence-electron chi connectivity index (χ2n) is 4.90. The Bertz CT molecular complexity index is 937. The molecule has 1 aliphatic rings. The Morgan fingerprint density at radius 1 is 1.46 bits per heavy atom. The summed E-state index contributed by atoms with van der Waals surface area (Å²) in [5.41, 5.74) is 1.71. The Hall–Kier alpha value is -2.72. The summed E-state index contributed by atoms with van der Waals surface area (Å²) in [7, 11) is 1.24. The number of hydrogen-bond acceptors (Lipinski definition) is 7. The number of amidine groups is 1. The maximum atomic E-state index is 11.7. The molecule has 0 bridgehead atoms. The first kappa shape index (κ1) is 18.1. The van der Waals surface area contributed by atoms with Crippen molar-refractivity contribution in [3.8, 4) is 5.69 Å². The van der Waals surface area contributed by atoms with Gasteiger partial charge in [0.25, 0.3) is 5.91 Å². The molecule has 0 atom stereocenters. The molecule has 0 aliphatic carbocycles. The normalized spacial score (nSPS) is 17.2. The molecule has 26 heavy (non-hydrogen) atoms. The van der Waals surface area contributed by atoms with Crippen LogP contribution in [0.2, 0.25) is 0 Å². The van der Waals surface area contributed by atoms with E-state index < -0.39 is 11.9 Å². The van der Waals surface area contributed by atoms with Crippen LogP contribution in [0.15, 0.2) is 62.3 Å². The molecule has 1 N–H and O–H groups in total. The van der Waals surface area contributed by atoms with Gasteiger partial charge in [0.05, 0.1) is 23.9 Å². The van der Waals surface area contributed by atoms with Gasteiger partial charge in [0.1, 0.15) is 0 Å². The molecule has 0 spiro atoms. The predicted molar refractivity (Wildman–Crippen MR) is 102 cm³/mol. The van der Waals surface area contributed by atoms with Gasteiger partial charge in [0.15, 0.2) is 5.17 Å². The van der Waals surface area contributed by atoms with Crippen molar-refractivity contribution in [3.05, 3.63) is 57.7 Å². The number of benzene rings is 1. The topological polar surface area (TPSA) is 97.9 Å². The van der Waals surface area contributed by atoms with Gasteiger partial charge in [-0.3, -0.25) is 10.1 Å². The van der Waals surface area contributed by atoms with Gasteiger partial charge in [-0.25, -0.2) is 9.48 Å². The van der Waals surface area contributed by atoms with E-state index in [9.17, 15) is 9.59 Å². The van der Waals surface area contributed by atoms with Crippen molar-refractivity contribution in [2.75, 3.05) is 7.11 Å². The van der Waals surface area contributed by atoms with Crippen molar-refractivity contribution in [2.45, 2.75) is 0 Å². The van der Waals surface area contributed by atoms with Crippen LogP contribution in [-0.4, -0.2) is 40.1 Å². The number of hydrogen-bond donors (Lipinski definition) is 1. The van der Waals surface area contributed by atoms with E-state index in [2.05, 4.69) is 41.3 Å². The van der Waals surface area contributed by atoms with Crippen molar-refractivity contribution in [3.63, 3.8) is 0 Å². The molecule has 1 fully saturated rings. The summed E-state index contributed by atoms with van der Waals surface area (Å²) in [4.78, 5) is 23.1. The number of esters is 1. The highest BCUT2D eigenvalue weighted by Crippen LogP contribution is 2.24. The highest BCUT2D eigenvalue weighted by Gasteiger charge is 2.24. The largest absolute Gasteiger partial charge is 0.466 e. The molecule has 3 rings (SSSR count). The Kier molecular flexibility index (Phi) is 5.64. The van der Waals surface area contributed by atoms with E-state index in [1.807, 2.05) is 30.5 Å². The summed E-state index contributed by atoms with van der Waals surface area (Å²) in [6, 6.07) is 7.49. The summed E-state index contributed by atoms with van der Waals surface area (Å²) in [5.74, 6) is -1.02. The second-order valence-corrected chi connectivity index (χ2v) is 6.78. The number of rotatable bonds is 4. The quantitative estimate of drug-likeness (QED) is 0.345. The van der Waals surface area contributed by atoms with E-state index in [1.54, 1.807) is 17.1 Å². The molecule has 2 heterocycles. The van der Waals surface area contributed by atoms with Gasteiger partial charge in [-0.15, -0.1) is 5.10 Å². The van der Waals surface area contributed by atoms with Crippen molar-refractivity contribution in [1.29, 1.82) is 0 Å². The highest BCUT2D eigenvalue weighted by atomic mass is 79.9. The molecule has 8 nitrogen and oxygen atoms in total. The standard InChI is InChI=1S/C16H12BrN5O3S/c1-25-14(23)8-13-15(24)20-16(26-13)21-18-9-10-3-4-12(11(17)7-10)22-6-2-5-19-22/h2-9H,1H3,(H,20,21,24)/b13-8+,18-9?. The van der Waals surface area contributed by atoms with Crippen LogP contribution in [0.25, 0.3) is 5.69 Å². The van der Waals surface area contributed by atoms with E-state index in [0.29, 0.717) is 0 Å². The lowest BCUT2D eigenvalue weighted by Crippen LogP contribution is -2.19. The van der Waals surface area contributed by atoms with Crippen LogP contribution >= 0.6 is 27.7 Å². The summed E-state index contributed by atoms with van der Waals surface area (Å²) >= 11 is 4.52. The lowest BCUT2D eigenvalue weighted by Gasteiger charge is -2.04. The Labute approximate surface area is 161 Å². The van der Waals surface area contributed by atoms with Crippen LogP contribution in [0.1, 0.15) is 5.56 Å². The molecule has 10 heteroatoms. The third kappa shape index (κ3) is 4.27. The number of aromatic nitrogens is 2. The SMILES string of the molecule is COC(=O)/C=C1/S/C(=N\N=Cc2ccc(-n3cccn3)c(Br)c2)NC1=O. The van der Waals surface area contributed by atoms with E-state index in [-0.39, 0.29) is 10.1 Å². The molecule has 0 unspecified atom stereocenters. The molecule has 1 aromatic heterocycles. The smallest absolute Gasteiger partial charge is 0.331 e. The molecule has 2 aromatic rings. The fraction of sp³-hybridized carbons (Fsp3) is 0.0625. The van der Waals surface area contributed by atoms with Gasteiger partial charge >= 0.3 is 5.97 Å². The van der Waals surface area contributed by atoms with Gasteiger partial charge < -0.3 is 4.74 Å². The van der Waals surface area contributed by atoms with Gasteiger partial charge in [-0.05, 0) is 51.5 Å². The minimum Gasteiger partial charge on any atom is -0.466 e. The summed E-state index contributed by atoms with van der Waals surface area (Å²) in [5, 5.41) is 14.9. The molecular formula is C16H12BrN5O3S. The Morgan fingerprint density at radius 3 is 3.00 bits per heavy atom. The Balaban J connectivity index is 1.70. The van der Waals surface area contributed by atoms with Crippen LogP contribution in [-0.2, 0) is 14.3 Å². The molecule has 1 aliphatic heterocycles. The lowest BCUT2D eigenvalue weighted by atomic mass is 10.2. The number of amides is 1. The molecule has 1 saturated heterocycles. The molecular weight excluding hydrogens is 422 g/mol. The fourth-order valence-corrected chi connectivity index (χ4v) is 3.31. The zero-order chi connectivity index (χ0) is 18.5. The lowest BCUT2D eigenvalue weighted by molar-refractivity contribution is -0.135. The second kappa shape index (κ2) is 8.11. The van der Waals surface area contributed by atoms with Gasteiger partial charge in [0, 0.05) is 22.9 Å². The van der Waals surface area contributed by atoms with Crippen LogP contribution in [0.4, 0.5) is 0 Å². The maximum absolute atomic E-state index is 11.7. The molecule has 132 valence electrons. The number of carbonyl (C=O) groups is 2. The zero-order valence-corrected chi connectivity index (χ0v) is 15.8. The van der Waals surface area contributed by atoms with Crippen molar-refractivity contribution >= 4 is 51.0 Å². The maximum Gasteiger partial charge on any atom is 0.331 e. The van der Waals surface area contributed by atoms with Crippen molar-refractivity contribution < 1.29 is 14.3 Å². The summed E-state index contributed by atoms with van der Waals surface area (Å²) in [6.45, 7) is 0. The average Bonchev–Trinajstić information content (AvgIpc) is 3.25. The minimum atomic E-state index is -0.602. The minimum absolute atomic E-state index is 0.206. The number of carbonyl (C=O) groups excluding carboxylic acids is 2. The van der Waals surface area contributed by atoms with Gasteiger partial charge in [-0.1, -0.05) is 6.07 Å². The molecule has 1 aromatic carbocycles. The number of methoxy groups -OCH3 is 1. The number of thioether (sulfide) groups is 1. The van der Waals surface area contributed by atoms with E-state index in [0.717, 1.165) is 33.6 Å². The summed E-state index contributed by atoms with van der Waals surface area (Å²) < 4.78 is 7.09. The third-order valence-electron chi connectivity index (χ3n) is 3.18. The zero-order valence-electron chi connectivity index (χ0n) is 13.4. The molecule has 0 radical (unpaired) electrons. The number of nitrogens with zero attached hydrogens (tertiary/aromatic N) is 4. The fourth-order valence-electron chi connectivity index (χ4n) is 1.99. The third-order valence-corrected chi connectivity index (χ3v) is 4.71. The predicted octanol–water partition coefficient (Wildman–Crippen LogP) is 2.24. The Morgan fingerprint density at radius 2 is 2.31 bits per heavy atom. The first-order valence-corrected chi connectivity index (χ1v) is 8.87. The number of halogens is 1. The first-order valence-electron chi connectivity index (χ1n) is 7.26. The number of nitrogens with one attached hydrogen (secondary N) is 1. The van der Waals surface area contributed by atoms with E-state index in [4.69, 9.17) is 0 Å². The average molecular weight is 434 g/mol. The van der Waals surface area contributed by atoms with Crippen LogP contribution in [0, 0.1) is 0 Å². The van der Waals surface area contributed by atoms with Crippen LogP contribution in [0.3, 0.4) is 0 Å². The van der Waals surface area contributed by atoms with Gasteiger partial charge in [-0.2, -0.15) is 10.2 Å². The van der Waals surface area contributed by atoms with Crippen molar-refractivity contribution in [1.82, 2.24) is 15.1 Å². The summed E-state index contributed by atoms with van der Waals surface area (Å²) in [6.07, 6.45) is 6.21. The monoisotopic (exact) mass is 433 g/mol. The van der Waals surface area contributed by atoms with Crippen LogP contribution in [0.5, 0.6) is 0 Å². The molecule has 1 amide bonds. The highest BCUT2D eigenvalue weighted by molar-refractivity contribution is 9.10. The van der Waals surface area contributed by atoms with E-state index >= 15 is 0 Å². The van der Waals surface area contributed by atoms with Gasteiger partial charge in [0.2, 0.25) is 0 Å². The van der Waals surface area contributed by atoms with E-state index in [1.165, 1.54) is 7.11 Å². The first-order chi connectivity index (χ1) is 12.6. The van der Waals surface area contributed by atoms with Crippen molar-refractivity contribution in [2.24, 2.45) is 10.2 Å². The van der Waals surface area contributed by atoms with Crippen LogP contribution < -0.4 is 5.32 Å². The number of ether oxygens (including phenoxy) is 1.